The molecule has 0 saturated heterocycles. The quantitative estimate of drug-likeness (QED) is 0.403. The fourth-order valence-electron chi connectivity index (χ4n) is 1.88. The summed E-state index contributed by atoms with van der Waals surface area (Å²) in [6.07, 6.45) is 2.68. The van der Waals surface area contributed by atoms with Crippen LogP contribution in [0.15, 0.2) is 10.3 Å². The van der Waals surface area contributed by atoms with Crippen molar-refractivity contribution in [3.8, 4) is 0 Å². The van der Waals surface area contributed by atoms with Gasteiger partial charge in [-0.3, -0.25) is 10.1 Å². The molecule has 0 aliphatic heterocycles. The van der Waals surface area contributed by atoms with Gasteiger partial charge in [-0.1, -0.05) is 31.4 Å². The number of unbranched alkanes of at least 4 members (excludes halogenated alkanes) is 2. The predicted molar refractivity (Wildman–Crippen MR) is 84.5 cm³/mol. The fraction of sp³-hybridized carbons (Fsp3) is 0.667. The van der Waals surface area contributed by atoms with Crippen LogP contribution in [0.1, 0.15) is 40.0 Å². The number of thiophene rings is 1. The van der Waals surface area contributed by atoms with Crippen LogP contribution >= 0.6 is 22.9 Å². The lowest BCUT2D eigenvalue weighted by Gasteiger charge is -2.25. The Morgan fingerprint density at radius 1 is 1.43 bits per heavy atom. The van der Waals surface area contributed by atoms with E-state index in [4.69, 9.17) is 11.6 Å². The van der Waals surface area contributed by atoms with Crippen molar-refractivity contribution in [3.05, 3.63) is 20.5 Å². The average Bonchev–Trinajstić information content (AvgIpc) is 2.77. The number of rotatable bonds is 8. The van der Waals surface area contributed by atoms with E-state index in [0.29, 0.717) is 6.54 Å². The molecule has 0 bridgehead atoms. The van der Waals surface area contributed by atoms with Gasteiger partial charge in [0.15, 0.2) is 4.34 Å². The van der Waals surface area contributed by atoms with E-state index in [-0.39, 0.29) is 20.3 Å². The Morgan fingerprint density at radius 2 is 2.05 bits per heavy atom. The van der Waals surface area contributed by atoms with Crippen molar-refractivity contribution < 1.29 is 13.3 Å². The minimum Gasteiger partial charge on any atom is -0.258 e. The Morgan fingerprint density at radius 3 is 2.48 bits per heavy atom. The van der Waals surface area contributed by atoms with E-state index >= 15 is 0 Å². The van der Waals surface area contributed by atoms with E-state index in [9.17, 15) is 18.5 Å². The summed E-state index contributed by atoms with van der Waals surface area (Å²) in [6.45, 7) is 6.01. The molecular weight excluding hydrogens is 336 g/mol. The van der Waals surface area contributed by atoms with Gasteiger partial charge in [0.1, 0.15) is 4.21 Å². The smallest absolute Gasteiger partial charge is 0.258 e. The van der Waals surface area contributed by atoms with Crippen LogP contribution in [0.25, 0.3) is 0 Å². The molecule has 0 amide bonds. The van der Waals surface area contributed by atoms with Gasteiger partial charge in [-0.2, -0.15) is 4.31 Å². The normalized spacial score (nSPS) is 12.3. The van der Waals surface area contributed by atoms with Crippen LogP contribution < -0.4 is 0 Å². The summed E-state index contributed by atoms with van der Waals surface area (Å²) in [7, 11) is -3.75. The van der Waals surface area contributed by atoms with Crippen LogP contribution in [-0.4, -0.2) is 30.2 Å². The first-order chi connectivity index (χ1) is 9.71. The first-order valence-electron chi connectivity index (χ1n) is 6.67. The Hall–Kier alpha value is -0.700. The van der Waals surface area contributed by atoms with Gasteiger partial charge in [0.2, 0.25) is 0 Å². The molecule has 0 aliphatic rings. The van der Waals surface area contributed by atoms with Gasteiger partial charge >= 0.3 is 0 Å². The minimum atomic E-state index is -3.75. The second-order valence-corrected chi connectivity index (χ2v) is 8.67. The molecule has 0 aromatic carbocycles. The largest absolute Gasteiger partial charge is 0.300 e. The van der Waals surface area contributed by atoms with Crippen LogP contribution in [0, 0.1) is 10.1 Å². The zero-order chi connectivity index (χ0) is 16.2. The predicted octanol–water partition coefficient (Wildman–Crippen LogP) is 3.90. The van der Waals surface area contributed by atoms with Gasteiger partial charge in [-0.15, -0.1) is 11.3 Å². The molecule has 1 heterocycles. The maximum Gasteiger partial charge on any atom is 0.300 e. The molecule has 0 unspecified atom stereocenters. The van der Waals surface area contributed by atoms with Gasteiger partial charge in [-0.25, -0.2) is 8.42 Å². The van der Waals surface area contributed by atoms with Gasteiger partial charge in [0.05, 0.1) is 4.92 Å². The summed E-state index contributed by atoms with van der Waals surface area (Å²) in [5.41, 5.74) is -0.363. The van der Waals surface area contributed by atoms with Crippen LogP contribution in [0.5, 0.6) is 0 Å². The highest BCUT2D eigenvalue weighted by Gasteiger charge is 2.31. The number of halogens is 1. The highest BCUT2D eigenvalue weighted by molar-refractivity contribution is 7.91. The number of nitrogens with zero attached hydrogens (tertiary/aromatic N) is 2. The molecule has 1 aromatic rings. The van der Waals surface area contributed by atoms with Crippen molar-refractivity contribution in [2.24, 2.45) is 0 Å². The lowest BCUT2D eigenvalue weighted by Crippen LogP contribution is -2.37. The standard InChI is InChI=1S/C12H19ClN2O4S2/c1-4-5-6-7-14(9(2)3)21(18,19)11-8-10(15(16)17)12(13)20-11/h8-9H,4-7H2,1-3H3. The summed E-state index contributed by atoms with van der Waals surface area (Å²) in [5, 5.41) is 10.8. The van der Waals surface area contributed by atoms with E-state index in [2.05, 4.69) is 0 Å². The summed E-state index contributed by atoms with van der Waals surface area (Å²) >= 11 is 6.48. The molecule has 6 nitrogen and oxygen atoms in total. The number of hydrogen-bond acceptors (Lipinski definition) is 5. The van der Waals surface area contributed by atoms with E-state index in [1.54, 1.807) is 13.8 Å². The second kappa shape index (κ2) is 7.53. The zero-order valence-corrected chi connectivity index (χ0v) is 14.6. The number of nitro groups is 1. The second-order valence-electron chi connectivity index (χ2n) is 4.90. The third-order valence-electron chi connectivity index (χ3n) is 2.96. The Balaban J connectivity index is 3.11. The topological polar surface area (TPSA) is 80.5 Å². The molecule has 0 aliphatic carbocycles. The van der Waals surface area contributed by atoms with Crippen LogP contribution in [0.4, 0.5) is 5.69 Å². The molecule has 120 valence electrons. The van der Waals surface area contributed by atoms with Crippen LogP contribution in [-0.2, 0) is 10.0 Å². The Bertz CT molecular complexity index is 598. The van der Waals surface area contributed by atoms with Crippen molar-refractivity contribution >= 4 is 38.6 Å². The molecule has 0 spiro atoms. The Labute approximate surface area is 133 Å². The molecule has 0 saturated carbocycles. The Kier molecular flexibility index (Phi) is 6.58. The van der Waals surface area contributed by atoms with Gasteiger partial charge in [0.25, 0.3) is 15.7 Å². The van der Waals surface area contributed by atoms with E-state index < -0.39 is 14.9 Å². The molecule has 1 aromatic heterocycles. The molecule has 0 N–H and O–H groups in total. The van der Waals surface area contributed by atoms with Crippen molar-refractivity contribution in [1.29, 1.82) is 0 Å². The van der Waals surface area contributed by atoms with Crippen LogP contribution in [0.2, 0.25) is 4.34 Å². The SMILES string of the molecule is CCCCCN(C(C)C)S(=O)(=O)c1cc([N+](=O)[O-])c(Cl)s1. The summed E-state index contributed by atoms with van der Waals surface area (Å²) in [5.74, 6) is 0. The maximum atomic E-state index is 12.6. The lowest BCUT2D eigenvalue weighted by molar-refractivity contribution is -0.384. The van der Waals surface area contributed by atoms with E-state index in [1.807, 2.05) is 6.92 Å². The highest BCUT2D eigenvalue weighted by Crippen LogP contribution is 2.37. The van der Waals surface area contributed by atoms with E-state index in [0.717, 1.165) is 36.7 Å². The van der Waals surface area contributed by atoms with Crippen molar-refractivity contribution in [1.82, 2.24) is 4.31 Å². The third kappa shape index (κ3) is 4.38. The van der Waals surface area contributed by atoms with E-state index in [1.165, 1.54) is 4.31 Å². The van der Waals surface area contributed by atoms with Gasteiger partial charge in [0, 0.05) is 18.7 Å². The summed E-state index contributed by atoms with van der Waals surface area (Å²) in [4.78, 5) is 10.1. The van der Waals surface area contributed by atoms with Gasteiger partial charge in [-0.05, 0) is 20.3 Å². The van der Waals surface area contributed by atoms with Crippen molar-refractivity contribution in [2.75, 3.05) is 6.54 Å². The monoisotopic (exact) mass is 354 g/mol. The maximum absolute atomic E-state index is 12.6. The average molecular weight is 355 g/mol. The molecule has 0 atom stereocenters. The molecule has 0 fully saturated rings. The fourth-order valence-corrected chi connectivity index (χ4v) is 5.35. The lowest BCUT2D eigenvalue weighted by atomic mass is 10.2. The molecule has 0 radical (unpaired) electrons. The first kappa shape index (κ1) is 18.3. The molecule has 1 rings (SSSR count). The van der Waals surface area contributed by atoms with Crippen molar-refractivity contribution in [3.63, 3.8) is 0 Å². The molecular formula is C12H19ClN2O4S2. The molecule has 9 heteroatoms. The minimum absolute atomic E-state index is 0.0793. The highest BCUT2D eigenvalue weighted by atomic mass is 35.5. The number of sulfonamides is 1. The third-order valence-corrected chi connectivity index (χ3v) is 6.83. The molecule has 21 heavy (non-hydrogen) atoms. The number of hydrogen-bond donors (Lipinski definition) is 0. The van der Waals surface area contributed by atoms with Crippen molar-refractivity contribution in [2.45, 2.75) is 50.3 Å². The van der Waals surface area contributed by atoms with Gasteiger partial charge < -0.3 is 0 Å². The summed E-state index contributed by atoms with van der Waals surface area (Å²) in [6, 6.07) is 0.823. The zero-order valence-electron chi connectivity index (χ0n) is 12.2. The first-order valence-corrected chi connectivity index (χ1v) is 9.30. The van der Waals surface area contributed by atoms with Crippen LogP contribution in [0.3, 0.4) is 0 Å². The summed E-state index contributed by atoms with van der Waals surface area (Å²) < 4.78 is 26.4.